The average molecular weight is 279 g/mol. The second kappa shape index (κ2) is 5.74. The SMILES string of the molecule is Cc1ccccc1C(C)NCc1c(C)oc2ccccc12. The van der Waals surface area contributed by atoms with Crippen molar-refractivity contribution in [2.45, 2.75) is 33.4 Å². The van der Waals surface area contributed by atoms with E-state index in [1.165, 1.54) is 22.1 Å². The van der Waals surface area contributed by atoms with Gasteiger partial charge in [-0.05, 0) is 38.0 Å². The van der Waals surface area contributed by atoms with Gasteiger partial charge in [0, 0.05) is 23.5 Å². The van der Waals surface area contributed by atoms with Crippen molar-refractivity contribution in [1.82, 2.24) is 5.32 Å². The van der Waals surface area contributed by atoms with Gasteiger partial charge in [0.2, 0.25) is 0 Å². The van der Waals surface area contributed by atoms with Crippen molar-refractivity contribution in [2.24, 2.45) is 0 Å². The van der Waals surface area contributed by atoms with E-state index in [4.69, 9.17) is 4.42 Å². The van der Waals surface area contributed by atoms with Crippen LogP contribution in [0.15, 0.2) is 52.9 Å². The van der Waals surface area contributed by atoms with Crippen LogP contribution in [0.25, 0.3) is 11.0 Å². The Morgan fingerprint density at radius 3 is 2.52 bits per heavy atom. The first-order valence-corrected chi connectivity index (χ1v) is 7.42. The number of benzene rings is 2. The zero-order valence-electron chi connectivity index (χ0n) is 12.8. The monoisotopic (exact) mass is 279 g/mol. The summed E-state index contributed by atoms with van der Waals surface area (Å²) in [4.78, 5) is 0. The first-order chi connectivity index (χ1) is 10.2. The fraction of sp³-hybridized carbons (Fsp3) is 0.263. The van der Waals surface area contributed by atoms with E-state index in [1.54, 1.807) is 0 Å². The van der Waals surface area contributed by atoms with Gasteiger partial charge >= 0.3 is 0 Å². The highest BCUT2D eigenvalue weighted by molar-refractivity contribution is 5.82. The summed E-state index contributed by atoms with van der Waals surface area (Å²) in [6, 6.07) is 17.1. The summed E-state index contributed by atoms with van der Waals surface area (Å²) in [5.74, 6) is 1.00. The van der Waals surface area contributed by atoms with Gasteiger partial charge in [-0.3, -0.25) is 0 Å². The second-order valence-electron chi connectivity index (χ2n) is 5.59. The lowest BCUT2D eigenvalue weighted by Gasteiger charge is -2.16. The van der Waals surface area contributed by atoms with Crippen LogP contribution in [0.5, 0.6) is 0 Å². The summed E-state index contributed by atoms with van der Waals surface area (Å²) < 4.78 is 5.82. The van der Waals surface area contributed by atoms with Gasteiger partial charge in [-0.25, -0.2) is 0 Å². The summed E-state index contributed by atoms with van der Waals surface area (Å²) in [6.45, 7) is 7.22. The number of hydrogen-bond acceptors (Lipinski definition) is 2. The molecule has 2 nitrogen and oxygen atoms in total. The Bertz CT molecular complexity index is 757. The molecule has 1 unspecified atom stereocenters. The van der Waals surface area contributed by atoms with Crippen molar-refractivity contribution < 1.29 is 4.42 Å². The number of fused-ring (bicyclic) bond motifs is 1. The Labute approximate surface area is 125 Å². The molecule has 1 heterocycles. The lowest BCUT2D eigenvalue weighted by atomic mass is 10.0. The van der Waals surface area contributed by atoms with Crippen LogP contribution in [0.1, 0.15) is 35.4 Å². The lowest BCUT2D eigenvalue weighted by Crippen LogP contribution is -2.19. The smallest absolute Gasteiger partial charge is 0.134 e. The molecule has 2 heteroatoms. The molecule has 108 valence electrons. The van der Waals surface area contributed by atoms with Crippen LogP contribution in [0, 0.1) is 13.8 Å². The van der Waals surface area contributed by atoms with Crippen LogP contribution in [-0.2, 0) is 6.54 Å². The largest absolute Gasteiger partial charge is 0.461 e. The van der Waals surface area contributed by atoms with Crippen molar-refractivity contribution in [3.8, 4) is 0 Å². The van der Waals surface area contributed by atoms with E-state index in [2.05, 4.69) is 55.6 Å². The number of rotatable bonds is 4. The molecule has 1 aromatic heterocycles. The minimum atomic E-state index is 0.319. The normalized spacial score (nSPS) is 12.7. The molecule has 0 bridgehead atoms. The van der Waals surface area contributed by atoms with E-state index in [1.807, 2.05) is 19.1 Å². The highest BCUT2D eigenvalue weighted by Crippen LogP contribution is 2.26. The Morgan fingerprint density at radius 2 is 1.71 bits per heavy atom. The van der Waals surface area contributed by atoms with Gasteiger partial charge in [0.1, 0.15) is 11.3 Å². The molecule has 21 heavy (non-hydrogen) atoms. The molecule has 0 aliphatic heterocycles. The predicted octanol–water partition coefficient (Wildman–Crippen LogP) is 4.90. The van der Waals surface area contributed by atoms with E-state index >= 15 is 0 Å². The summed E-state index contributed by atoms with van der Waals surface area (Å²) in [5.41, 5.74) is 4.90. The molecule has 3 aromatic rings. The van der Waals surface area contributed by atoms with Gasteiger partial charge in [0.05, 0.1) is 0 Å². The van der Waals surface area contributed by atoms with E-state index in [-0.39, 0.29) is 0 Å². The third-order valence-electron chi connectivity index (χ3n) is 4.14. The van der Waals surface area contributed by atoms with E-state index in [0.717, 1.165) is 17.9 Å². The standard InChI is InChI=1S/C19H21NO/c1-13-8-4-5-9-16(13)14(2)20-12-18-15(3)21-19-11-7-6-10-17(18)19/h4-11,14,20H,12H2,1-3H3. The molecule has 2 aromatic carbocycles. The van der Waals surface area contributed by atoms with Crippen LogP contribution >= 0.6 is 0 Å². The zero-order chi connectivity index (χ0) is 14.8. The molecule has 0 saturated carbocycles. The summed E-state index contributed by atoms with van der Waals surface area (Å²) in [6.07, 6.45) is 0. The fourth-order valence-electron chi connectivity index (χ4n) is 2.88. The number of aryl methyl sites for hydroxylation is 2. The molecule has 0 radical (unpaired) electrons. The quantitative estimate of drug-likeness (QED) is 0.734. The molecule has 0 spiro atoms. The Kier molecular flexibility index (Phi) is 3.80. The number of furan rings is 1. The Hall–Kier alpha value is -2.06. The van der Waals surface area contributed by atoms with E-state index in [9.17, 15) is 0 Å². The summed E-state index contributed by atoms with van der Waals surface area (Å²) >= 11 is 0. The van der Waals surface area contributed by atoms with Gasteiger partial charge in [0.15, 0.2) is 0 Å². The minimum absolute atomic E-state index is 0.319. The van der Waals surface area contributed by atoms with Gasteiger partial charge in [-0.2, -0.15) is 0 Å². The molecule has 3 rings (SSSR count). The first-order valence-electron chi connectivity index (χ1n) is 7.42. The molecular formula is C19H21NO. The molecule has 0 fully saturated rings. The number of nitrogens with one attached hydrogen (secondary N) is 1. The van der Waals surface area contributed by atoms with Crippen molar-refractivity contribution in [3.63, 3.8) is 0 Å². The molecule has 0 amide bonds. The highest BCUT2D eigenvalue weighted by Gasteiger charge is 2.12. The molecule has 0 saturated heterocycles. The van der Waals surface area contributed by atoms with Crippen molar-refractivity contribution >= 4 is 11.0 Å². The Balaban J connectivity index is 1.81. The third kappa shape index (κ3) is 2.72. The van der Waals surface area contributed by atoms with Crippen molar-refractivity contribution in [2.75, 3.05) is 0 Å². The van der Waals surface area contributed by atoms with Crippen LogP contribution in [-0.4, -0.2) is 0 Å². The lowest BCUT2D eigenvalue weighted by molar-refractivity contribution is 0.543. The molecule has 0 aliphatic carbocycles. The fourth-order valence-corrected chi connectivity index (χ4v) is 2.88. The van der Waals surface area contributed by atoms with Crippen LogP contribution < -0.4 is 5.32 Å². The van der Waals surface area contributed by atoms with Crippen molar-refractivity contribution in [1.29, 1.82) is 0 Å². The summed E-state index contributed by atoms with van der Waals surface area (Å²) in [5, 5.41) is 4.82. The maximum absolute atomic E-state index is 5.82. The average Bonchev–Trinajstić information content (AvgIpc) is 2.81. The Morgan fingerprint density at radius 1 is 1.00 bits per heavy atom. The first kappa shape index (κ1) is 13.9. The number of para-hydroxylation sites is 1. The minimum Gasteiger partial charge on any atom is -0.461 e. The van der Waals surface area contributed by atoms with Crippen LogP contribution in [0.4, 0.5) is 0 Å². The van der Waals surface area contributed by atoms with Gasteiger partial charge < -0.3 is 9.73 Å². The number of hydrogen-bond donors (Lipinski definition) is 1. The zero-order valence-corrected chi connectivity index (χ0v) is 12.8. The highest BCUT2D eigenvalue weighted by atomic mass is 16.3. The molecule has 1 N–H and O–H groups in total. The van der Waals surface area contributed by atoms with E-state index in [0.29, 0.717) is 6.04 Å². The molecule has 1 atom stereocenters. The third-order valence-corrected chi connectivity index (χ3v) is 4.14. The topological polar surface area (TPSA) is 25.2 Å². The van der Waals surface area contributed by atoms with Crippen molar-refractivity contribution in [3.05, 3.63) is 71.0 Å². The van der Waals surface area contributed by atoms with Gasteiger partial charge in [-0.1, -0.05) is 42.5 Å². The van der Waals surface area contributed by atoms with Crippen LogP contribution in [0.3, 0.4) is 0 Å². The second-order valence-corrected chi connectivity index (χ2v) is 5.59. The molecular weight excluding hydrogens is 258 g/mol. The van der Waals surface area contributed by atoms with E-state index < -0.39 is 0 Å². The molecule has 0 aliphatic rings. The predicted molar refractivity (Wildman–Crippen MR) is 87.4 cm³/mol. The maximum atomic E-state index is 5.82. The van der Waals surface area contributed by atoms with Gasteiger partial charge in [-0.15, -0.1) is 0 Å². The maximum Gasteiger partial charge on any atom is 0.134 e. The van der Waals surface area contributed by atoms with Gasteiger partial charge in [0.25, 0.3) is 0 Å². The summed E-state index contributed by atoms with van der Waals surface area (Å²) in [7, 11) is 0. The van der Waals surface area contributed by atoms with Crippen LogP contribution in [0.2, 0.25) is 0 Å².